The molecular weight excluding hydrogens is 201 g/mol. The Balaban J connectivity index is 3.54. The standard InChI is InChI=1S/C10H6FNO3/c1-15-10(14)9-7(4-12)6(5-13)2-3-8(9)11/h2-3,5H,1H3. The topological polar surface area (TPSA) is 67.2 Å². The van der Waals surface area contributed by atoms with Crippen LogP contribution in [0.4, 0.5) is 4.39 Å². The number of rotatable bonds is 2. The summed E-state index contributed by atoms with van der Waals surface area (Å²) in [6, 6.07) is 3.67. The number of methoxy groups -OCH3 is 1. The van der Waals surface area contributed by atoms with E-state index in [1.165, 1.54) is 0 Å². The SMILES string of the molecule is COC(=O)c1c(F)ccc(C=O)c1C#N. The monoisotopic (exact) mass is 207 g/mol. The molecule has 4 nitrogen and oxygen atoms in total. The lowest BCUT2D eigenvalue weighted by Gasteiger charge is -2.04. The highest BCUT2D eigenvalue weighted by atomic mass is 19.1. The van der Waals surface area contributed by atoms with E-state index in [4.69, 9.17) is 5.26 Å². The van der Waals surface area contributed by atoms with Crippen LogP contribution >= 0.6 is 0 Å². The molecule has 0 heterocycles. The van der Waals surface area contributed by atoms with Crippen molar-refractivity contribution in [2.75, 3.05) is 7.11 Å². The summed E-state index contributed by atoms with van der Waals surface area (Å²) in [6.45, 7) is 0. The smallest absolute Gasteiger partial charge is 0.342 e. The van der Waals surface area contributed by atoms with Crippen LogP contribution in [-0.4, -0.2) is 19.4 Å². The summed E-state index contributed by atoms with van der Waals surface area (Å²) < 4.78 is 17.5. The molecule has 15 heavy (non-hydrogen) atoms. The first kappa shape index (κ1) is 10.9. The highest BCUT2D eigenvalue weighted by Crippen LogP contribution is 2.17. The van der Waals surface area contributed by atoms with Crippen molar-refractivity contribution in [3.63, 3.8) is 0 Å². The maximum absolute atomic E-state index is 13.2. The van der Waals surface area contributed by atoms with E-state index in [1.807, 2.05) is 0 Å². The number of aldehydes is 1. The third kappa shape index (κ3) is 1.83. The number of nitriles is 1. The minimum atomic E-state index is -0.979. The number of benzene rings is 1. The molecular formula is C10H6FNO3. The minimum Gasteiger partial charge on any atom is -0.465 e. The molecule has 0 aliphatic carbocycles. The Kier molecular flexibility index (Phi) is 3.13. The molecule has 0 aliphatic rings. The molecule has 0 fully saturated rings. The van der Waals surface area contributed by atoms with Crippen LogP contribution in [0, 0.1) is 17.1 Å². The molecule has 0 saturated heterocycles. The van der Waals surface area contributed by atoms with Gasteiger partial charge in [-0.05, 0) is 12.1 Å². The molecule has 1 rings (SSSR count). The van der Waals surface area contributed by atoms with Gasteiger partial charge in [0.25, 0.3) is 0 Å². The third-order valence-corrected chi connectivity index (χ3v) is 1.82. The summed E-state index contributed by atoms with van der Waals surface area (Å²) in [4.78, 5) is 21.7. The van der Waals surface area contributed by atoms with Gasteiger partial charge in [0.15, 0.2) is 6.29 Å². The van der Waals surface area contributed by atoms with Gasteiger partial charge in [-0.15, -0.1) is 0 Å². The molecule has 1 aromatic rings. The molecule has 0 N–H and O–H groups in total. The lowest BCUT2D eigenvalue weighted by Crippen LogP contribution is -2.09. The van der Waals surface area contributed by atoms with Gasteiger partial charge in [0, 0.05) is 5.56 Å². The fourth-order valence-electron chi connectivity index (χ4n) is 1.11. The number of hydrogen-bond donors (Lipinski definition) is 0. The maximum atomic E-state index is 13.2. The summed E-state index contributed by atoms with van der Waals surface area (Å²) in [6.07, 6.45) is 0.379. The molecule has 0 bridgehead atoms. The van der Waals surface area contributed by atoms with E-state index in [2.05, 4.69) is 4.74 Å². The van der Waals surface area contributed by atoms with E-state index in [-0.39, 0.29) is 11.1 Å². The summed E-state index contributed by atoms with van der Waals surface area (Å²) in [5.41, 5.74) is -0.860. The van der Waals surface area contributed by atoms with Crippen molar-refractivity contribution in [2.45, 2.75) is 0 Å². The van der Waals surface area contributed by atoms with Crippen molar-refractivity contribution in [2.24, 2.45) is 0 Å². The quantitative estimate of drug-likeness (QED) is 0.541. The third-order valence-electron chi connectivity index (χ3n) is 1.82. The molecule has 5 heteroatoms. The van der Waals surface area contributed by atoms with E-state index in [1.54, 1.807) is 6.07 Å². The second kappa shape index (κ2) is 4.33. The first-order valence-electron chi connectivity index (χ1n) is 3.91. The van der Waals surface area contributed by atoms with Gasteiger partial charge in [-0.1, -0.05) is 0 Å². The normalized spacial score (nSPS) is 9.13. The van der Waals surface area contributed by atoms with Crippen LogP contribution in [0.25, 0.3) is 0 Å². The number of carbonyl (C=O) groups excluding carboxylic acids is 2. The lowest BCUT2D eigenvalue weighted by molar-refractivity contribution is 0.0595. The maximum Gasteiger partial charge on any atom is 0.342 e. The van der Waals surface area contributed by atoms with Crippen LogP contribution in [-0.2, 0) is 4.74 Å². The van der Waals surface area contributed by atoms with Crippen LogP contribution in [0.3, 0.4) is 0 Å². The highest BCUT2D eigenvalue weighted by Gasteiger charge is 2.20. The first-order valence-corrected chi connectivity index (χ1v) is 3.91. The van der Waals surface area contributed by atoms with Crippen LogP contribution in [0.5, 0.6) is 0 Å². The van der Waals surface area contributed by atoms with Crippen LogP contribution in [0.1, 0.15) is 26.3 Å². The van der Waals surface area contributed by atoms with Gasteiger partial charge in [0.1, 0.15) is 17.4 Å². The van der Waals surface area contributed by atoms with Gasteiger partial charge in [-0.3, -0.25) is 4.79 Å². The molecule has 0 atom stereocenters. The summed E-state index contributed by atoms with van der Waals surface area (Å²) in [7, 11) is 1.07. The van der Waals surface area contributed by atoms with Crippen molar-refractivity contribution >= 4 is 12.3 Å². The van der Waals surface area contributed by atoms with E-state index in [9.17, 15) is 14.0 Å². The zero-order chi connectivity index (χ0) is 11.4. The van der Waals surface area contributed by atoms with E-state index in [0.29, 0.717) is 6.29 Å². The zero-order valence-corrected chi connectivity index (χ0v) is 7.78. The number of carbonyl (C=O) groups is 2. The summed E-state index contributed by atoms with van der Waals surface area (Å²) in [5, 5.41) is 8.72. The predicted molar refractivity (Wildman–Crippen MR) is 47.8 cm³/mol. The van der Waals surface area contributed by atoms with Gasteiger partial charge >= 0.3 is 5.97 Å². The van der Waals surface area contributed by atoms with Crippen LogP contribution < -0.4 is 0 Å². The number of ether oxygens (including phenoxy) is 1. The number of esters is 1. The Labute approximate surface area is 84.9 Å². The first-order chi connectivity index (χ1) is 7.15. The number of halogens is 1. The molecule has 0 spiro atoms. The average Bonchev–Trinajstić information content (AvgIpc) is 2.27. The van der Waals surface area contributed by atoms with E-state index >= 15 is 0 Å². The summed E-state index contributed by atoms with van der Waals surface area (Å²) in [5.74, 6) is -1.86. The predicted octanol–water partition coefficient (Wildman–Crippen LogP) is 1.30. The van der Waals surface area contributed by atoms with Crippen molar-refractivity contribution < 1.29 is 18.7 Å². The molecule has 0 aliphatic heterocycles. The molecule has 0 aromatic heterocycles. The van der Waals surface area contributed by atoms with Gasteiger partial charge in [-0.25, -0.2) is 9.18 Å². The van der Waals surface area contributed by atoms with Gasteiger partial charge in [0.05, 0.1) is 12.7 Å². The fourth-order valence-corrected chi connectivity index (χ4v) is 1.11. The second-order valence-corrected chi connectivity index (χ2v) is 2.61. The molecule has 0 unspecified atom stereocenters. The van der Waals surface area contributed by atoms with Gasteiger partial charge in [0.2, 0.25) is 0 Å². The van der Waals surface area contributed by atoms with E-state index in [0.717, 1.165) is 19.2 Å². The van der Waals surface area contributed by atoms with Crippen molar-refractivity contribution in [1.82, 2.24) is 0 Å². The molecule has 1 aromatic carbocycles. The average molecular weight is 207 g/mol. The minimum absolute atomic E-state index is 0.0423. The van der Waals surface area contributed by atoms with E-state index < -0.39 is 17.3 Å². The second-order valence-electron chi connectivity index (χ2n) is 2.61. The number of nitrogens with zero attached hydrogens (tertiary/aromatic N) is 1. The van der Waals surface area contributed by atoms with Crippen molar-refractivity contribution in [3.05, 3.63) is 34.6 Å². The van der Waals surface area contributed by atoms with Crippen LogP contribution in [0.15, 0.2) is 12.1 Å². The molecule has 0 saturated carbocycles. The van der Waals surface area contributed by atoms with Crippen molar-refractivity contribution in [1.29, 1.82) is 5.26 Å². The number of hydrogen-bond acceptors (Lipinski definition) is 4. The lowest BCUT2D eigenvalue weighted by atomic mass is 10.0. The fraction of sp³-hybridized carbons (Fsp3) is 0.100. The van der Waals surface area contributed by atoms with Gasteiger partial charge < -0.3 is 4.74 Å². The Morgan fingerprint density at radius 3 is 2.73 bits per heavy atom. The highest BCUT2D eigenvalue weighted by molar-refractivity contribution is 5.96. The Morgan fingerprint density at radius 1 is 1.60 bits per heavy atom. The summed E-state index contributed by atoms with van der Waals surface area (Å²) >= 11 is 0. The van der Waals surface area contributed by atoms with Crippen LogP contribution in [0.2, 0.25) is 0 Å². The largest absolute Gasteiger partial charge is 0.465 e. The van der Waals surface area contributed by atoms with Gasteiger partial charge in [-0.2, -0.15) is 5.26 Å². The molecule has 0 amide bonds. The Hall–Kier alpha value is -2.22. The Morgan fingerprint density at radius 2 is 2.27 bits per heavy atom. The van der Waals surface area contributed by atoms with Crippen molar-refractivity contribution in [3.8, 4) is 6.07 Å². The zero-order valence-electron chi connectivity index (χ0n) is 7.78. The Bertz CT molecular complexity index is 462. The molecule has 0 radical (unpaired) electrons. The molecule has 76 valence electrons.